The molecule has 23 heavy (non-hydrogen) atoms. The molecule has 1 saturated heterocycles. The van der Waals surface area contributed by atoms with Gasteiger partial charge in [-0.05, 0) is 44.6 Å². The number of carbonyl (C=O) groups excluding carboxylic acids is 1. The Kier molecular flexibility index (Phi) is 6.15. The first-order chi connectivity index (χ1) is 10.9. The lowest BCUT2D eigenvalue weighted by Crippen LogP contribution is -2.31. The number of rotatable bonds is 8. The van der Waals surface area contributed by atoms with Crippen LogP contribution in [0.4, 0.5) is 0 Å². The Hall–Kier alpha value is -1.44. The normalized spacial score (nSPS) is 15.6. The minimum Gasteiger partial charge on any atom is -0.342 e. The van der Waals surface area contributed by atoms with Gasteiger partial charge >= 0.3 is 0 Å². The van der Waals surface area contributed by atoms with Gasteiger partial charge in [-0.25, -0.2) is 13.1 Å². The maximum atomic E-state index is 12.2. The van der Waals surface area contributed by atoms with E-state index in [0.717, 1.165) is 24.9 Å². The highest BCUT2D eigenvalue weighted by Gasteiger charge is 2.19. The Morgan fingerprint density at radius 1 is 1.22 bits per heavy atom. The summed E-state index contributed by atoms with van der Waals surface area (Å²) in [4.78, 5) is 15.6. The molecule has 0 atom stereocenters. The molecule has 1 aliphatic rings. The van der Waals surface area contributed by atoms with Crippen molar-refractivity contribution in [2.24, 2.45) is 0 Å². The molecule has 0 saturated carbocycles. The predicted molar refractivity (Wildman–Crippen MR) is 89.7 cm³/mol. The Bertz CT molecular complexity index is 626. The van der Waals surface area contributed by atoms with Gasteiger partial charge in [0.05, 0.1) is 4.90 Å². The summed E-state index contributed by atoms with van der Waals surface area (Å²) in [6.07, 6.45) is 2.34. The van der Waals surface area contributed by atoms with E-state index in [2.05, 4.69) is 4.72 Å². The quantitative estimate of drug-likeness (QED) is 0.757. The largest absolute Gasteiger partial charge is 0.342 e. The molecule has 0 radical (unpaired) electrons. The summed E-state index contributed by atoms with van der Waals surface area (Å²) in [7, 11) is 0.341. The third-order valence-electron chi connectivity index (χ3n) is 3.93. The maximum absolute atomic E-state index is 12.2. The van der Waals surface area contributed by atoms with E-state index >= 15 is 0 Å². The molecule has 1 N–H and O–H groups in total. The van der Waals surface area contributed by atoms with Gasteiger partial charge in [-0.2, -0.15) is 0 Å². The molecule has 128 valence electrons. The van der Waals surface area contributed by atoms with Crippen LogP contribution in [0.1, 0.15) is 18.4 Å². The second-order valence-corrected chi connectivity index (χ2v) is 7.85. The highest BCUT2D eigenvalue weighted by atomic mass is 32.2. The minimum atomic E-state index is -3.45. The van der Waals surface area contributed by atoms with E-state index in [4.69, 9.17) is 0 Å². The van der Waals surface area contributed by atoms with Gasteiger partial charge in [0.25, 0.3) is 0 Å². The van der Waals surface area contributed by atoms with Gasteiger partial charge in [-0.1, -0.05) is 12.1 Å². The molecule has 1 amide bonds. The first-order valence-corrected chi connectivity index (χ1v) is 9.38. The fourth-order valence-electron chi connectivity index (χ4n) is 2.53. The molecule has 0 unspecified atom stereocenters. The standard InChI is InChI=1S/C16H25N3O3S/c1-18(2)13-10-17-23(21,22)15-7-5-14(6-8-15)9-12-19-11-3-4-16(19)20/h5-8,17H,3-4,9-13H2,1-2H3. The van der Waals surface area contributed by atoms with Crippen LogP contribution < -0.4 is 4.72 Å². The Morgan fingerprint density at radius 3 is 2.48 bits per heavy atom. The molecule has 1 aromatic carbocycles. The van der Waals surface area contributed by atoms with Crippen molar-refractivity contribution in [1.29, 1.82) is 0 Å². The summed E-state index contributed by atoms with van der Waals surface area (Å²) in [6, 6.07) is 6.89. The fraction of sp³-hybridized carbons (Fsp3) is 0.562. The molecule has 1 aliphatic heterocycles. The molecule has 6 nitrogen and oxygen atoms in total. The minimum absolute atomic E-state index is 0.217. The molecule has 0 bridgehead atoms. The first-order valence-electron chi connectivity index (χ1n) is 7.89. The summed E-state index contributed by atoms with van der Waals surface area (Å²) >= 11 is 0. The molecule has 0 aromatic heterocycles. The van der Waals surface area contributed by atoms with Crippen LogP contribution in [0.2, 0.25) is 0 Å². The van der Waals surface area contributed by atoms with Crippen molar-refractivity contribution in [1.82, 2.24) is 14.5 Å². The molecule has 1 fully saturated rings. The average Bonchev–Trinajstić information content (AvgIpc) is 2.90. The summed E-state index contributed by atoms with van der Waals surface area (Å²) in [5.41, 5.74) is 1.04. The summed E-state index contributed by atoms with van der Waals surface area (Å²) in [5, 5.41) is 0. The second-order valence-electron chi connectivity index (χ2n) is 6.08. The van der Waals surface area contributed by atoms with Crippen LogP contribution in [0, 0.1) is 0 Å². The van der Waals surface area contributed by atoms with Gasteiger partial charge in [-0.15, -0.1) is 0 Å². The number of amides is 1. The highest BCUT2D eigenvalue weighted by Crippen LogP contribution is 2.13. The van der Waals surface area contributed by atoms with Gasteiger partial charge in [0, 0.05) is 32.6 Å². The lowest BCUT2D eigenvalue weighted by molar-refractivity contribution is -0.127. The number of sulfonamides is 1. The van der Waals surface area contributed by atoms with E-state index < -0.39 is 10.0 Å². The number of hydrogen-bond donors (Lipinski definition) is 1. The third kappa shape index (κ3) is 5.30. The van der Waals surface area contributed by atoms with Crippen LogP contribution in [-0.4, -0.2) is 64.4 Å². The van der Waals surface area contributed by atoms with Crippen LogP contribution in [0.5, 0.6) is 0 Å². The highest BCUT2D eigenvalue weighted by molar-refractivity contribution is 7.89. The number of carbonyl (C=O) groups is 1. The molecule has 1 aromatic rings. The van der Waals surface area contributed by atoms with Crippen molar-refractivity contribution in [3.05, 3.63) is 29.8 Å². The molecule has 1 heterocycles. The summed E-state index contributed by atoms with van der Waals surface area (Å²) in [5.74, 6) is 0.217. The molecule has 0 aliphatic carbocycles. The zero-order valence-corrected chi connectivity index (χ0v) is 14.6. The lowest BCUT2D eigenvalue weighted by Gasteiger charge is -2.15. The second kappa shape index (κ2) is 7.90. The van der Waals surface area contributed by atoms with Gasteiger partial charge in [0.15, 0.2) is 0 Å². The van der Waals surface area contributed by atoms with Crippen molar-refractivity contribution >= 4 is 15.9 Å². The molecular formula is C16H25N3O3S. The summed E-state index contributed by atoms with van der Waals surface area (Å²) < 4.78 is 26.9. The first kappa shape index (κ1) is 17.9. The van der Waals surface area contributed by atoms with Crippen LogP contribution in [0.25, 0.3) is 0 Å². The zero-order valence-electron chi connectivity index (χ0n) is 13.8. The topological polar surface area (TPSA) is 69.7 Å². The van der Waals surface area contributed by atoms with E-state index in [1.807, 2.05) is 36.0 Å². The molecule has 2 rings (SSSR count). The van der Waals surface area contributed by atoms with E-state index in [1.54, 1.807) is 12.1 Å². The number of nitrogens with zero attached hydrogens (tertiary/aromatic N) is 2. The zero-order chi connectivity index (χ0) is 16.9. The van der Waals surface area contributed by atoms with E-state index in [-0.39, 0.29) is 10.8 Å². The van der Waals surface area contributed by atoms with Crippen molar-refractivity contribution in [3.63, 3.8) is 0 Å². The van der Waals surface area contributed by atoms with Gasteiger partial charge in [0.1, 0.15) is 0 Å². The van der Waals surface area contributed by atoms with Crippen molar-refractivity contribution < 1.29 is 13.2 Å². The Labute approximate surface area is 138 Å². The number of likely N-dealkylation sites (tertiary alicyclic amines) is 1. The third-order valence-corrected chi connectivity index (χ3v) is 5.40. The number of hydrogen-bond acceptors (Lipinski definition) is 4. The molecule has 0 spiro atoms. The summed E-state index contributed by atoms with van der Waals surface area (Å²) in [6.45, 7) is 2.57. The molecular weight excluding hydrogens is 314 g/mol. The fourth-order valence-corrected chi connectivity index (χ4v) is 3.55. The van der Waals surface area contributed by atoms with Gasteiger partial charge in [0.2, 0.25) is 15.9 Å². The van der Waals surface area contributed by atoms with Crippen molar-refractivity contribution in [3.8, 4) is 0 Å². The Balaban J connectivity index is 1.89. The number of likely N-dealkylation sites (N-methyl/N-ethyl adjacent to an activating group) is 1. The average molecular weight is 339 g/mol. The Morgan fingerprint density at radius 2 is 1.91 bits per heavy atom. The van der Waals surface area contributed by atoms with E-state index in [9.17, 15) is 13.2 Å². The molecule has 7 heteroatoms. The van der Waals surface area contributed by atoms with Gasteiger partial charge in [-0.3, -0.25) is 4.79 Å². The van der Waals surface area contributed by atoms with Crippen LogP contribution in [-0.2, 0) is 21.2 Å². The maximum Gasteiger partial charge on any atom is 0.240 e. The number of nitrogens with one attached hydrogen (secondary N) is 1. The van der Waals surface area contributed by atoms with Crippen molar-refractivity contribution in [2.45, 2.75) is 24.2 Å². The smallest absolute Gasteiger partial charge is 0.240 e. The van der Waals surface area contributed by atoms with E-state index in [1.165, 1.54) is 0 Å². The SMILES string of the molecule is CN(C)CCNS(=O)(=O)c1ccc(CCN2CCCC2=O)cc1. The van der Waals surface area contributed by atoms with Crippen LogP contribution in [0.15, 0.2) is 29.2 Å². The lowest BCUT2D eigenvalue weighted by atomic mass is 10.1. The van der Waals surface area contributed by atoms with Crippen molar-refractivity contribution in [2.75, 3.05) is 40.3 Å². The van der Waals surface area contributed by atoms with Crippen LogP contribution >= 0.6 is 0 Å². The van der Waals surface area contributed by atoms with E-state index in [0.29, 0.717) is 26.1 Å². The van der Waals surface area contributed by atoms with Gasteiger partial charge < -0.3 is 9.80 Å². The van der Waals surface area contributed by atoms with Crippen LogP contribution in [0.3, 0.4) is 0 Å². The monoisotopic (exact) mass is 339 g/mol. The number of benzene rings is 1. The predicted octanol–water partition coefficient (Wildman–Crippen LogP) is 0.691.